The summed E-state index contributed by atoms with van der Waals surface area (Å²) < 4.78 is 71.5. The smallest absolute Gasteiger partial charge is 0.257 e. The normalized spacial score (nSPS) is 11.8. The number of nitrogens with one attached hydrogen (secondary N) is 1. The topological polar surface area (TPSA) is 38.3 Å². The highest BCUT2D eigenvalue weighted by Gasteiger charge is 2.31. The Kier molecular flexibility index (Phi) is 6.06. The Morgan fingerprint density at radius 1 is 1.00 bits per heavy atom. The van der Waals surface area contributed by atoms with E-state index in [0.717, 1.165) is 0 Å². The zero-order valence-corrected chi connectivity index (χ0v) is 14.3. The Hall–Kier alpha value is -1.48. The van der Waals surface area contributed by atoms with Gasteiger partial charge in [0.25, 0.3) is 5.91 Å². The van der Waals surface area contributed by atoms with E-state index in [9.17, 15) is 26.7 Å². The molecular weight excluding hydrogens is 325 g/mol. The third-order valence-corrected chi connectivity index (χ3v) is 4.60. The Morgan fingerprint density at radius 3 is 1.77 bits per heavy atom. The SMILES string of the molecule is CCC(CC)(CNC(=O)c1c(F)c(F)c(F)c(F)c1F)O[SiH3]. The molecule has 1 N–H and O–H groups in total. The summed E-state index contributed by atoms with van der Waals surface area (Å²) in [5, 5.41) is 2.17. The largest absolute Gasteiger partial charge is 0.421 e. The number of carbonyl (C=O) groups is 1. The number of carbonyl (C=O) groups excluding carboxylic acids is 1. The average molecular weight is 341 g/mol. The molecule has 1 amide bonds. The molecule has 1 aromatic carbocycles. The predicted octanol–water partition coefficient (Wildman–Crippen LogP) is 1.97. The Labute approximate surface area is 127 Å². The number of amides is 1. The van der Waals surface area contributed by atoms with Crippen LogP contribution in [0.4, 0.5) is 22.0 Å². The van der Waals surface area contributed by atoms with E-state index in [1.54, 1.807) is 13.8 Å². The third kappa shape index (κ3) is 3.30. The van der Waals surface area contributed by atoms with Gasteiger partial charge in [0.2, 0.25) is 5.82 Å². The minimum absolute atomic E-state index is 0.0954. The van der Waals surface area contributed by atoms with E-state index < -0.39 is 46.2 Å². The summed E-state index contributed by atoms with van der Waals surface area (Å²) in [6.45, 7) is 3.50. The van der Waals surface area contributed by atoms with Crippen LogP contribution in [-0.2, 0) is 4.43 Å². The summed E-state index contributed by atoms with van der Waals surface area (Å²) in [6.07, 6.45) is 1.04. The van der Waals surface area contributed by atoms with Crippen molar-refractivity contribution < 1.29 is 31.2 Å². The van der Waals surface area contributed by atoms with Crippen molar-refractivity contribution >= 4 is 16.4 Å². The van der Waals surface area contributed by atoms with Crippen LogP contribution in [0.25, 0.3) is 0 Å². The fraction of sp³-hybridized carbons (Fsp3) is 0.462. The molecule has 0 aromatic heterocycles. The molecule has 1 aromatic rings. The molecule has 0 saturated heterocycles. The van der Waals surface area contributed by atoms with Crippen LogP contribution < -0.4 is 5.32 Å². The molecule has 22 heavy (non-hydrogen) atoms. The summed E-state index contributed by atoms with van der Waals surface area (Å²) in [6, 6.07) is 0. The number of rotatable bonds is 6. The molecular formula is C13H16F5NO2Si. The Balaban J connectivity index is 3.10. The van der Waals surface area contributed by atoms with Gasteiger partial charge in [0.15, 0.2) is 23.3 Å². The second-order valence-electron chi connectivity index (χ2n) is 4.72. The van der Waals surface area contributed by atoms with Gasteiger partial charge < -0.3 is 9.74 Å². The van der Waals surface area contributed by atoms with Gasteiger partial charge in [-0.25, -0.2) is 22.0 Å². The van der Waals surface area contributed by atoms with Gasteiger partial charge in [0, 0.05) is 6.54 Å². The van der Waals surface area contributed by atoms with E-state index in [1.165, 1.54) is 0 Å². The standard InChI is InChI=1S/C13H16F5NO2Si/c1-3-13(4-2,21-22)5-19-12(20)6-7(14)9(16)11(18)10(17)8(6)15/h3-5H2,1-2,22H3,(H,19,20). The molecule has 0 fully saturated rings. The summed E-state index contributed by atoms with van der Waals surface area (Å²) in [4.78, 5) is 11.8. The van der Waals surface area contributed by atoms with Crippen molar-refractivity contribution in [3.8, 4) is 0 Å². The fourth-order valence-corrected chi connectivity index (χ4v) is 2.72. The van der Waals surface area contributed by atoms with Crippen LogP contribution >= 0.6 is 0 Å². The third-order valence-electron chi connectivity index (χ3n) is 3.73. The van der Waals surface area contributed by atoms with Crippen molar-refractivity contribution in [3.05, 3.63) is 34.6 Å². The molecule has 0 aliphatic carbocycles. The maximum absolute atomic E-state index is 13.5. The summed E-state index contributed by atoms with van der Waals surface area (Å²) >= 11 is 0. The van der Waals surface area contributed by atoms with Gasteiger partial charge in [-0.05, 0) is 12.8 Å². The minimum Gasteiger partial charge on any atom is -0.421 e. The van der Waals surface area contributed by atoms with E-state index in [0.29, 0.717) is 23.3 Å². The van der Waals surface area contributed by atoms with Crippen molar-refractivity contribution in [1.82, 2.24) is 5.32 Å². The van der Waals surface area contributed by atoms with Crippen molar-refractivity contribution in [3.63, 3.8) is 0 Å². The molecule has 0 heterocycles. The van der Waals surface area contributed by atoms with Crippen LogP contribution in [0, 0.1) is 29.1 Å². The lowest BCUT2D eigenvalue weighted by Crippen LogP contribution is -2.44. The average Bonchev–Trinajstić information content (AvgIpc) is 2.53. The molecule has 3 nitrogen and oxygen atoms in total. The van der Waals surface area contributed by atoms with Gasteiger partial charge in [-0.2, -0.15) is 0 Å². The second kappa shape index (κ2) is 7.19. The highest BCUT2D eigenvalue weighted by Crippen LogP contribution is 2.23. The summed E-state index contributed by atoms with van der Waals surface area (Å²) in [5.41, 5.74) is -2.21. The Bertz CT molecular complexity index is 541. The molecule has 0 aliphatic rings. The first-order chi connectivity index (χ1) is 10.2. The molecule has 0 spiro atoms. The zero-order chi connectivity index (χ0) is 17.1. The van der Waals surface area contributed by atoms with Crippen LogP contribution in [0.3, 0.4) is 0 Å². The molecule has 9 heteroatoms. The summed E-state index contributed by atoms with van der Waals surface area (Å²) in [5.74, 6) is -12.3. The molecule has 1 rings (SSSR count). The quantitative estimate of drug-likeness (QED) is 0.372. The van der Waals surface area contributed by atoms with Gasteiger partial charge >= 0.3 is 0 Å². The minimum atomic E-state index is -2.30. The highest BCUT2D eigenvalue weighted by molar-refractivity contribution is 5.98. The first-order valence-electron chi connectivity index (χ1n) is 6.59. The molecule has 0 aliphatic heterocycles. The molecule has 0 radical (unpaired) electrons. The van der Waals surface area contributed by atoms with Crippen LogP contribution in [0.2, 0.25) is 0 Å². The van der Waals surface area contributed by atoms with Crippen LogP contribution in [0.5, 0.6) is 0 Å². The van der Waals surface area contributed by atoms with Crippen LogP contribution in [0.1, 0.15) is 37.0 Å². The summed E-state index contributed by atoms with van der Waals surface area (Å²) in [7, 11) is 0.369. The fourth-order valence-electron chi connectivity index (χ4n) is 1.99. The van der Waals surface area contributed by atoms with Gasteiger partial charge in [-0.15, -0.1) is 0 Å². The van der Waals surface area contributed by atoms with Crippen molar-refractivity contribution in [2.45, 2.75) is 32.3 Å². The van der Waals surface area contributed by atoms with E-state index >= 15 is 0 Å². The van der Waals surface area contributed by atoms with Crippen molar-refractivity contribution in [2.24, 2.45) is 0 Å². The van der Waals surface area contributed by atoms with Crippen molar-refractivity contribution in [1.29, 1.82) is 0 Å². The molecule has 0 saturated carbocycles. The van der Waals surface area contributed by atoms with Crippen LogP contribution in [-0.4, -0.2) is 28.5 Å². The van der Waals surface area contributed by atoms with E-state index in [1.807, 2.05) is 0 Å². The first-order valence-corrected chi connectivity index (χ1v) is 7.41. The van der Waals surface area contributed by atoms with E-state index in [2.05, 4.69) is 5.32 Å². The molecule has 0 unspecified atom stereocenters. The Morgan fingerprint density at radius 2 is 1.41 bits per heavy atom. The predicted molar refractivity (Wildman–Crippen MR) is 72.9 cm³/mol. The zero-order valence-electron chi connectivity index (χ0n) is 12.3. The lowest BCUT2D eigenvalue weighted by atomic mass is 9.97. The molecule has 124 valence electrons. The van der Waals surface area contributed by atoms with Crippen molar-refractivity contribution in [2.75, 3.05) is 6.54 Å². The van der Waals surface area contributed by atoms with Gasteiger partial charge in [0.1, 0.15) is 16.0 Å². The highest BCUT2D eigenvalue weighted by atomic mass is 28.2. The maximum Gasteiger partial charge on any atom is 0.257 e. The van der Waals surface area contributed by atoms with Crippen LogP contribution in [0.15, 0.2) is 0 Å². The lowest BCUT2D eigenvalue weighted by molar-refractivity contribution is 0.0627. The number of halogens is 5. The van der Waals surface area contributed by atoms with E-state index in [-0.39, 0.29) is 6.54 Å². The second-order valence-corrected chi connectivity index (χ2v) is 5.13. The van der Waals surface area contributed by atoms with Gasteiger partial charge in [-0.1, -0.05) is 13.8 Å². The number of hydrogen-bond acceptors (Lipinski definition) is 2. The first kappa shape index (κ1) is 18.6. The lowest BCUT2D eigenvalue weighted by Gasteiger charge is -2.31. The van der Waals surface area contributed by atoms with Gasteiger partial charge in [-0.3, -0.25) is 4.79 Å². The molecule has 0 atom stereocenters. The number of benzene rings is 1. The number of hydrogen-bond donors (Lipinski definition) is 1. The van der Waals surface area contributed by atoms with Gasteiger partial charge in [0.05, 0.1) is 5.60 Å². The van der Waals surface area contributed by atoms with E-state index in [4.69, 9.17) is 4.43 Å². The maximum atomic E-state index is 13.5. The molecule has 0 bridgehead atoms. The monoisotopic (exact) mass is 341 g/mol.